The molecule has 0 aliphatic carbocycles. The fraction of sp³-hybridized carbons (Fsp3) is 0.231. The maximum Gasteiger partial charge on any atom is 0.159 e. The summed E-state index contributed by atoms with van der Waals surface area (Å²) in [4.78, 5) is 0. The average molecular weight is 248 g/mol. The molecule has 2 rings (SSSR count). The third-order valence-corrected chi connectivity index (χ3v) is 2.67. The van der Waals surface area contributed by atoms with Gasteiger partial charge in [0.15, 0.2) is 5.15 Å². The molecule has 17 heavy (non-hydrogen) atoms. The van der Waals surface area contributed by atoms with Gasteiger partial charge in [0, 0.05) is 12.1 Å². The normalized spacial score (nSPS) is 10.2. The fourth-order valence-electron chi connectivity index (χ4n) is 1.54. The first kappa shape index (κ1) is 11.9. The molecule has 0 saturated carbocycles. The van der Waals surface area contributed by atoms with Gasteiger partial charge < -0.3 is 5.32 Å². The SMILES string of the molecule is CCCNc1cc(-c2ccccc2)c(Cl)nn1. The van der Waals surface area contributed by atoms with E-state index < -0.39 is 0 Å². The van der Waals surface area contributed by atoms with E-state index in [9.17, 15) is 0 Å². The average Bonchev–Trinajstić information content (AvgIpc) is 2.39. The van der Waals surface area contributed by atoms with Crippen LogP contribution in [0.2, 0.25) is 5.15 Å². The van der Waals surface area contributed by atoms with Crippen molar-refractivity contribution in [2.75, 3.05) is 11.9 Å². The van der Waals surface area contributed by atoms with Crippen LogP contribution in [-0.4, -0.2) is 16.7 Å². The van der Waals surface area contributed by atoms with Crippen molar-refractivity contribution in [2.24, 2.45) is 0 Å². The fourth-order valence-corrected chi connectivity index (χ4v) is 1.74. The Labute approximate surface area is 106 Å². The summed E-state index contributed by atoms with van der Waals surface area (Å²) in [6.45, 7) is 2.99. The first-order chi connectivity index (χ1) is 8.31. The molecule has 0 aliphatic rings. The smallest absolute Gasteiger partial charge is 0.159 e. The highest BCUT2D eigenvalue weighted by Crippen LogP contribution is 2.27. The molecular weight excluding hydrogens is 234 g/mol. The Bertz CT molecular complexity index is 485. The number of benzene rings is 1. The Kier molecular flexibility index (Phi) is 3.94. The Morgan fingerprint density at radius 2 is 1.94 bits per heavy atom. The second-order valence-electron chi connectivity index (χ2n) is 3.73. The lowest BCUT2D eigenvalue weighted by Gasteiger charge is -2.07. The van der Waals surface area contributed by atoms with E-state index in [0.717, 1.165) is 29.9 Å². The number of nitrogens with one attached hydrogen (secondary N) is 1. The number of anilines is 1. The van der Waals surface area contributed by atoms with Crippen LogP contribution >= 0.6 is 11.6 Å². The molecule has 4 heteroatoms. The van der Waals surface area contributed by atoms with Crippen LogP contribution in [0.3, 0.4) is 0 Å². The predicted octanol–water partition coefficient (Wildman–Crippen LogP) is 3.62. The van der Waals surface area contributed by atoms with Gasteiger partial charge in [0.05, 0.1) is 0 Å². The molecule has 88 valence electrons. The maximum atomic E-state index is 6.06. The van der Waals surface area contributed by atoms with E-state index in [2.05, 4.69) is 22.4 Å². The van der Waals surface area contributed by atoms with E-state index in [1.807, 2.05) is 36.4 Å². The van der Waals surface area contributed by atoms with Gasteiger partial charge in [-0.25, -0.2) is 0 Å². The standard InChI is InChI=1S/C13H14ClN3/c1-2-8-15-12-9-11(13(14)17-16-12)10-6-4-3-5-7-10/h3-7,9H,2,8H2,1H3,(H,15,16). The Balaban J connectivity index is 2.33. The minimum Gasteiger partial charge on any atom is -0.369 e. The summed E-state index contributed by atoms with van der Waals surface area (Å²) in [7, 11) is 0. The van der Waals surface area contributed by atoms with Crippen molar-refractivity contribution in [2.45, 2.75) is 13.3 Å². The Hall–Kier alpha value is -1.61. The van der Waals surface area contributed by atoms with Gasteiger partial charge in [-0.3, -0.25) is 0 Å². The quantitative estimate of drug-likeness (QED) is 0.897. The Morgan fingerprint density at radius 1 is 1.18 bits per heavy atom. The zero-order valence-corrected chi connectivity index (χ0v) is 10.4. The van der Waals surface area contributed by atoms with Gasteiger partial charge in [-0.2, -0.15) is 0 Å². The molecule has 0 aliphatic heterocycles. The number of aromatic nitrogens is 2. The number of hydrogen-bond donors (Lipinski definition) is 1. The highest BCUT2D eigenvalue weighted by atomic mass is 35.5. The third-order valence-electron chi connectivity index (χ3n) is 2.39. The first-order valence-electron chi connectivity index (χ1n) is 5.63. The van der Waals surface area contributed by atoms with E-state index >= 15 is 0 Å². The molecule has 3 nitrogen and oxygen atoms in total. The zero-order chi connectivity index (χ0) is 12.1. The summed E-state index contributed by atoms with van der Waals surface area (Å²) in [6.07, 6.45) is 1.05. The third kappa shape index (κ3) is 2.94. The van der Waals surface area contributed by atoms with E-state index in [1.165, 1.54) is 0 Å². The van der Waals surface area contributed by atoms with Crippen LogP contribution in [0.1, 0.15) is 13.3 Å². The van der Waals surface area contributed by atoms with E-state index in [-0.39, 0.29) is 0 Å². The lowest BCUT2D eigenvalue weighted by molar-refractivity contribution is 0.944. The van der Waals surface area contributed by atoms with Crippen LogP contribution in [0.5, 0.6) is 0 Å². The van der Waals surface area contributed by atoms with Gasteiger partial charge in [-0.15, -0.1) is 10.2 Å². The topological polar surface area (TPSA) is 37.8 Å². The van der Waals surface area contributed by atoms with Gasteiger partial charge in [0.1, 0.15) is 5.82 Å². The van der Waals surface area contributed by atoms with Gasteiger partial charge in [0.2, 0.25) is 0 Å². The molecule has 0 radical (unpaired) electrons. The van der Waals surface area contributed by atoms with Crippen LogP contribution < -0.4 is 5.32 Å². The highest BCUT2D eigenvalue weighted by Gasteiger charge is 2.06. The molecule has 0 fully saturated rings. The van der Waals surface area contributed by atoms with Crippen molar-refractivity contribution in [3.63, 3.8) is 0 Å². The lowest BCUT2D eigenvalue weighted by atomic mass is 10.1. The molecule has 0 atom stereocenters. The summed E-state index contributed by atoms with van der Waals surface area (Å²) in [6, 6.07) is 11.9. The number of hydrogen-bond acceptors (Lipinski definition) is 3. The van der Waals surface area contributed by atoms with Crippen molar-refractivity contribution in [1.82, 2.24) is 10.2 Å². The molecule has 0 bridgehead atoms. The highest BCUT2D eigenvalue weighted by molar-refractivity contribution is 6.32. The number of halogens is 1. The van der Waals surface area contributed by atoms with E-state index in [4.69, 9.17) is 11.6 Å². The second-order valence-corrected chi connectivity index (χ2v) is 4.08. The monoisotopic (exact) mass is 247 g/mol. The Morgan fingerprint density at radius 3 is 2.65 bits per heavy atom. The largest absolute Gasteiger partial charge is 0.369 e. The molecule has 1 aromatic carbocycles. The van der Waals surface area contributed by atoms with Crippen molar-refractivity contribution < 1.29 is 0 Å². The first-order valence-corrected chi connectivity index (χ1v) is 6.01. The molecule has 2 aromatic rings. The predicted molar refractivity (Wildman–Crippen MR) is 71.3 cm³/mol. The van der Waals surface area contributed by atoms with Gasteiger partial charge in [-0.05, 0) is 18.1 Å². The van der Waals surface area contributed by atoms with Crippen LogP contribution in [0, 0.1) is 0 Å². The molecule has 0 amide bonds. The minimum absolute atomic E-state index is 0.429. The van der Waals surface area contributed by atoms with Gasteiger partial charge in [-0.1, -0.05) is 48.9 Å². The van der Waals surface area contributed by atoms with Crippen LogP contribution in [-0.2, 0) is 0 Å². The van der Waals surface area contributed by atoms with Crippen LogP contribution in [0.15, 0.2) is 36.4 Å². The zero-order valence-electron chi connectivity index (χ0n) is 9.65. The summed E-state index contributed by atoms with van der Waals surface area (Å²) < 4.78 is 0. The minimum atomic E-state index is 0.429. The van der Waals surface area contributed by atoms with Crippen molar-refractivity contribution >= 4 is 17.4 Å². The van der Waals surface area contributed by atoms with Crippen molar-refractivity contribution in [3.05, 3.63) is 41.6 Å². The number of rotatable bonds is 4. The second kappa shape index (κ2) is 5.64. The molecule has 0 spiro atoms. The summed E-state index contributed by atoms with van der Waals surface area (Å²) in [5.41, 5.74) is 1.95. The maximum absolute atomic E-state index is 6.06. The van der Waals surface area contributed by atoms with Crippen molar-refractivity contribution in [1.29, 1.82) is 0 Å². The van der Waals surface area contributed by atoms with Gasteiger partial charge >= 0.3 is 0 Å². The molecule has 1 N–H and O–H groups in total. The molecule has 1 aromatic heterocycles. The lowest BCUT2D eigenvalue weighted by Crippen LogP contribution is -2.03. The molecule has 0 unspecified atom stereocenters. The number of nitrogens with zero attached hydrogens (tertiary/aromatic N) is 2. The van der Waals surface area contributed by atoms with E-state index in [1.54, 1.807) is 0 Å². The van der Waals surface area contributed by atoms with Gasteiger partial charge in [0.25, 0.3) is 0 Å². The van der Waals surface area contributed by atoms with Crippen molar-refractivity contribution in [3.8, 4) is 11.1 Å². The molecule has 0 saturated heterocycles. The molecule has 1 heterocycles. The van der Waals surface area contributed by atoms with E-state index in [0.29, 0.717) is 5.15 Å². The summed E-state index contributed by atoms with van der Waals surface area (Å²) >= 11 is 6.06. The van der Waals surface area contributed by atoms with Crippen LogP contribution in [0.25, 0.3) is 11.1 Å². The molecular formula is C13H14ClN3. The van der Waals surface area contributed by atoms with Crippen LogP contribution in [0.4, 0.5) is 5.82 Å². The summed E-state index contributed by atoms with van der Waals surface area (Å²) in [5.74, 6) is 0.759. The summed E-state index contributed by atoms with van der Waals surface area (Å²) in [5, 5.41) is 11.6.